The van der Waals surface area contributed by atoms with Gasteiger partial charge in [0.25, 0.3) is 0 Å². The van der Waals surface area contributed by atoms with Crippen molar-refractivity contribution in [2.75, 3.05) is 13.1 Å². The predicted octanol–water partition coefficient (Wildman–Crippen LogP) is 3.14. The van der Waals surface area contributed by atoms with Gasteiger partial charge in [0.1, 0.15) is 17.2 Å². The molecule has 3 nitrogen and oxygen atoms in total. The molecule has 1 unspecified atom stereocenters. The van der Waals surface area contributed by atoms with Gasteiger partial charge in [-0.15, -0.1) is 0 Å². The molecule has 1 N–H and O–H groups in total. The van der Waals surface area contributed by atoms with Gasteiger partial charge in [-0.05, 0) is 51.1 Å². The summed E-state index contributed by atoms with van der Waals surface area (Å²) in [4.78, 5) is 13.5. The Kier molecular flexibility index (Phi) is 4.38. The minimum absolute atomic E-state index is 0.105. The predicted molar refractivity (Wildman–Crippen MR) is 71.4 cm³/mol. The normalized spacial score (nSPS) is 20.1. The van der Waals surface area contributed by atoms with Crippen LogP contribution in [0.1, 0.15) is 38.2 Å². The minimum atomic E-state index is -1.53. The molecule has 20 heavy (non-hydrogen) atoms. The molecule has 0 aromatic heterocycles. The maximum Gasteiger partial charge on any atom is 0.328 e. The summed E-state index contributed by atoms with van der Waals surface area (Å²) in [5, 5.41) is 9.61. The fourth-order valence-electron chi connectivity index (χ4n) is 2.81. The Hall–Kier alpha value is -1.49. The van der Waals surface area contributed by atoms with E-state index in [4.69, 9.17) is 0 Å². The number of likely N-dealkylation sites (tertiary alicyclic amines) is 1. The molecule has 1 atom stereocenters. The van der Waals surface area contributed by atoms with Gasteiger partial charge >= 0.3 is 5.97 Å². The maximum atomic E-state index is 14.0. The second kappa shape index (κ2) is 5.87. The highest BCUT2D eigenvalue weighted by Gasteiger charge is 2.43. The van der Waals surface area contributed by atoms with Gasteiger partial charge in [0, 0.05) is 5.56 Å². The molecule has 0 saturated carbocycles. The van der Waals surface area contributed by atoms with Crippen LogP contribution in [0.4, 0.5) is 8.78 Å². The SMILES string of the molecule is CC(C(=O)O)(c1cc(F)ccc1F)N1CCCCCC1. The number of hydrogen-bond donors (Lipinski definition) is 1. The third kappa shape index (κ3) is 2.68. The van der Waals surface area contributed by atoms with Gasteiger partial charge in [-0.2, -0.15) is 0 Å². The van der Waals surface area contributed by atoms with E-state index in [9.17, 15) is 18.7 Å². The molecule has 0 bridgehead atoms. The lowest BCUT2D eigenvalue weighted by molar-refractivity contribution is -0.151. The van der Waals surface area contributed by atoms with Gasteiger partial charge in [-0.25, -0.2) is 13.6 Å². The lowest BCUT2D eigenvalue weighted by atomic mass is 9.89. The van der Waals surface area contributed by atoms with Crippen LogP contribution in [0.2, 0.25) is 0 Å². The fraction of sp³-hybridized carbons (Fsp3) is 0.533. The molecule has 1 aromatic rings. The van der Waals surface area contributed by atoms with Crippen LogP contribution in [0, 0.1) is 11.6 Å². The van der Waals surface area contributed by atoms with Gasteiger partial charge in [-0.1, -0.05) is 12.8 Å². The monoisotopic (exact) mass is 283 g/mol. The van der Waals surface area contributed by atoms with Gasteiger partial charge in [0.05, 0.1) is 0 Å². The van der Waals surface area contributed by atoms with E-state index in [1.54, 1.807) is 4.90 Å². The van der Waals surface area contributed by atoms with Gasteiger partial charge in [-0.3, -0.25) is 4.90 Å². The zero-order valence-corrected chi connectivity index (χ0v) is 11.5. The van der Waals surface area contributed by atoms with E-state index in [-0.39, 0.29) is 5.56 Å². The zero-order chi connectivity index (χ0) is 14.8. The highest BCUT2D eigenvalue weighted by atomic mass is 19.1. The van der Waals surface area contributed by atoms with E-state index in [0.717, 1.165) is 43.9 Å². The quantitative estimate of drug-likeness (QED) is 0.926. The first-order valence-corrected chi connectivity index (χ1v) is 6.90. The van der Waals surface area contributed by atoms with Crippen LogP contribution in [-0.4, -0.2) is 29.1 Å². The van der Waals surface area contributed by atoms with Crippen LogP contribution in [0.3, 0.4) is 0 Å². The van der Waals surface area contributed by atoms with Crippen molar-refractivity contribution in [1.29, 1.82) is 0 Å². The van der Waals surface area contributed by atoms with Crippen molar-refractivity contribution >= 4 is 5.97 Å². The van der Waals surface area contributed by atoms with Crippen molar-refractivity contribution in [2.45, 2.75) is 38.1 Å². The van der Waals surface area contributed by atoms with Crippen molar-refractivity contribution in [3.8, 4) is 0 Å². The number of aliphatic carboxylic acids is 1. The Labute approximate surface area is 117 Å². The lowest BCUT2D eigenvalue weighted by Crippen LogP contribution is -2.50. The summed E-state index contributed by atoms with van der Waals surface area (Å²) < 4.78 is 27.4. The van der Waals surface area contributed by atoms with Crippen molar-refractivity contribution in [3.05, 3.63) is 35.4 Å². The molecule has 1 aliphatic heterocycles. The first-order valence-electron chi connectivity index (χ1n) is 6.90. The summed E-state index contributed by atoms with van der Waals surface area (Å²) in [6, 6.07) is 2.99. The number of carbonyl (C=O) groups is 1. The molecule has 0 aliphatic carbocycles. The van der Waals surface area contributed by atoms with Crippen molar-refractivity contribution in [2.24, 2.45) is 0 Å². The Morgan fingerprint density at radius 1 is 1.20 bits per heavy atom. The van der Waals surface area contributed by atoms with Crippen LogP contribution >= 0.6 is 0 Å². The molecule has 110 valence electrons. The molecule has 0 radical (unpaired) electrons. The number of hydrogen-bond acceptors (Lipinski definition) is 2. The molecule has 5 heteroatoms. The molecule has 1 aliphatic rings. The molecule has 0 spiro atoms. The second-order valence-corrected chi connectivity index (χ2v) is 5.40. The smallest absolute Gasteiger partial charge is 0.328 e. The largest absolute Gasteiger partial charge is 0.480 e. The molecule has 1 saturated heterocycles. The molecule has 2 rings (SSSR count). The topological polar surface area (TPSA) is 40.5 Å². The van der Waals surface area contributed by atoms with Crippen LogP contribution in [0.15, 0.2) is 18.2 Å². The van der Waals surface area contributed by atoms with Crippen LogP contribution in [0.25, 0.3) is 0 Å². The van der Waals surface area contributed by atoms with Gasteiger partial charge < -0.3 is 5.11 Å². The highest BCUT2D eigenvalue weighted by molar-refractivity contribution is 5.80. The van der Waals surface area contributed by atoms with Crippen LogP contribution < -0.4 is 0 Å². The zero-order valence-electron chi connectivity index (χ0n) is 11.5. The van der Waals surface area contributed by atoms with E-state index in [2.05, 4.69) is 0 Å². The average Bonchev–Trinajstić information content (AvgIpc) is 2.69. The number of halogens is 2. The van der Waals surface area contributed by atoms with E-state index in [1.807, 2.05) is 0 Å². The van der Waals surface area contributed by atoms with E-state index in [1.165, 1.54) is 6.92 Å². The lowest BCUT2D eigenvalue weighted by Gasteiger charge is -2.37. The number of carboxylic acids is 1. The summed E-state index contributed by atoms with van der Waals surface area (Å²) in [7, 11) is 0. The number of carboxylic acid groups (broad SMARTS) is 1. The molecular formula is C15H19F2NO2. The van der Waals surface area contributed by atoms with E-state index >= 15 is 0 Å². The van der Waals surface area contributed by atoms with Crippen LogP contribution in [0.5, 0.6) is 0 Å². The molecule has 1 aromatic carbocycles. The first-order chi connectivity index (χ1) is 9.46. The Balaban J connectivity index is 2.47. The van der Waals surface area contributed by atoms with Crippen LogP contribution in [-0.2, 0) is 10.3 Å². The standard InChI is InChI=1S/C15H19F2NO2/c1-15(14(19)20,18-8-4-2-3-5-9-18)12-10-11(16)6-7-13(12)17/h6-7,10H,2-5,8-9H2,1H3,(H,19,20). The summed E-state index contributed by atoms with van der Waals surface area (Å²) in [6.45, 7) is 2.62. The van der Waals surface area contributed by atoms with Gasteiger partial charge in [0.2, 0.25) is 0 Å². The Morgan fingerprint density at radius 3 is 2.35 bits per heavy atom. The molecule has 0 amide bonds. The number of nitrogens with zero attached hydrogens (tertiary/aromatic N) is 1. The van der Waals surface area contributed by atoms with Crippen molar-refractivity contribution < 1.29 is 18.7 Å². The third-order valence-corrected chi connectivity index (χ3v) is 4.11. The van der Waals surface area contributed by atoms with Gasteiger partial charge in [0.15, 0.2) is 0 Å². The summed E-state index contributed by atoms with van der Waals surface area (Å²) in [6.07, 6.45) is 3.83. The average molecular weight is 283 g/mol. The fourth-order valence-corrected chi connectivity index (χ4v) is 2.81. The molecule has 1 heterocycles. The Morgan fingerprint density at radius 2 is 1.80 bits per heavy atom. The Bertz CT molecular complexity index is 499. The highest BCUT2D eigenvalue weighted by Crippen LogP contribution is 2.33. The maximum absolute atomic E-state index is 14.0. The minimum Gasteiger partial charge on any atom is -0.480 e. The molecular weight excluding hydrogens is 264 g/mol. The second-order valence-electron chi connectivity index (χ2n) is 5.40. The number of rotatable bonds is 3. The first kappa shape index (κ1) is 14.9. The van der Waals surface area contributed by atoms with Crippen molar-refractivity contribution in [1.82, 2.24) is 4.90 Å². The third-order valence-electron chi connectivity index (χ3n) is 4.11. The molecule has 1 fully saturated rings. The van der Waals surface area contributed by atoms with E-state index < -0.39 is 23.1 Å². The summed E-state index contributed by atoms with van der Waals surface area (Å²) in [5.74, 6) is -2.45. The summed E-state index contributed by atoms with van der Waals surface area (Å²) >= 11 is 0. The summed E-state index contributed by atoms with van der Waals surface area (Å²) in [5.41, 5.74) is -1.64. The van der Waals surface area contributed by atoms with E-state index in [0.29, 0.717) is 13.1 Å². The number of benzene rings is 1. The van der Waals surface area contributed by atoms with Crippen molar-refractivity contribution in [3.63, 3.8) is 0 Å².